The van der Waals surface area contributed by atoms with Gasteiger partial charge in [-0.2, -0.15) is 11.8 Å². The third kappa shape index (κ3) is 2.12. The molecule has 1 aliphatic rings. The molecule has 1 saturated heterocycles. The maximum absolute atomic E-state index is 4.39. The molecule has 0 radical (unpaired) electrons. The molecule has 2 heterocycles. The van der Waals surface area contributed by atoms with Crippen molar-refractivity contribution in [1.82, 2.24) is 15.3 Å². The lowest BCUT2D eigenvalue weighted by atomic mass is 10.2. The average molecular weight is 211 g/mol. The number of thioether (sulfide) groups is 1. The molecule has 1 fully saturated rings. The van der Waals surface area contributed by atoms with Crippen molar-refractivity contribution >= 4 is 11.8 Å². The van der Waals surface area contributed by atoms with Crippen LogP contribution in [0, 0.1) is 0 Å². The van der Waals surface area contributed by atoms with Gasteiger partial charge in [-0.05, 0) is 0 Å². The first-order valence-corrected chi connectivity index (χ1v) is 6.29. The van der Waals surface area contributed by atoms with Crippen LogP contribution >= 0.6 is 11.8 Å². The van der Waals surface area contributed by atoms with Gasteiger partial charge in [-0.3, -0.25) is 0 Å². The lowest BCUT2D eigenvalue weighted by molar-refractivity contribution is 0.581. The van der Waals surface area contributed by atoms with E-state index in [1.54, 1.807) is 0 Å². The molecular weight excluding hydrogens is 194 g/mol. The minimum absolute atomic E-state index is 0.466. The summed E-state index contributed by atoms with van der Waals surface area (Å²) in [6, 6.07) is 0.466. The zero-order valence-electron chi connectivity index (χ0n) is 8.71. The second kappa shape index (κ2) is 4.36. The number of imidazole rings is 1. The summed E-state index contributed by atoms with van der Waals surface area (Å²) in [6.45, 7) is 5.42. The molecular formula is C10H17N3S. The van der Waals surface area contributed by atoms with E-state index in [4.69, 9.17) is 0 Å². The van der Waals surface area contributed by atoms with Gasteiger partial charge in [-0.15, -0.1) is 0 Å². The van der Waals surface area contributed by atoms with Crippen molar-refractivity contribution in [3.63, 3.8) is 0 Å². The molecule has 4 heteroatoms. The lowest BCUT2D eigenvalue weighted by Crippen LogP contribution is -2.30. The van der Waals surface area contributed by atoms with Crippen molar-refractivity contribution in [1.29, 1.82) is 0 Å². The number of nitrogens with one attached hydrogen (secondary N) is 2. The van der Waals surface area contributed by atoms with Crippen molar-refractivity contribution < 1.29 is 0 Å². The normalized spacial score (nSPS) is 22.9. The van der Waals surface area contributed by atoms with Gasteiger partial charge >= 0.3 is 0 Å². The smallest absolute Gasteiger partial charge is 0.108 e. The zero-order valence-corrected chi connectivity index (χ0v) is 9.53. The van der Waals surface area contributed by atoms with E-state index in [9.17, 15) is 0 Å². The standard InChI is InChI=1S/C10H17N3S/c1-7(2)10-12-5-8(13-10)9-6-14-4-3-11-9/h5,7,9,11H,3-4,6H2,1-2H3,(H,12,13). The van der Waals surface area contributed by atoms with Crippen molar-refractivity contribution in [2.75, 3.05) is 18.1 Å². The predicted molar refractivity (Wildman–Crippen MR) is 60.7 cm³/mol. The first-order valence-electron chi connectivity index (χ1n) is 5.13. The number of hydrogen-bond donors (Lipinski definition) is 2. The van der Waals surface area contributed by atoms with Crippen LogP contribution in [-0.4, -0.2) is 28.0 Å². The Morgan fingerprint density at radius 3 is 3.00 bits per heavy atom. The molecule has 78 valence electrons. The number of hydrogen-bond acceptors (Lipinski definition) is 3. The first-order chi connectivity index (χ1) is 6.77. The van der Waals surface area contributed by atoms with Gasteiger partial charge in [0, 0.05) is 30.2 Å². The molecule has 1 aromatic heterocycles. The Hall–Kier alpha value is -0.480. The van der Waals surface area contributed by atoms with Gasteiger partial charge in [0.05, 0.1) is 11.7 Å². The van der Waals surface area contributed by atoms with Crippen LogP contribution in [0.4, 0.5) is 0 Å². The molecule has 1 aromatic rings. The number of H-pyrrole nitrogens is 1. The van der Waals surface area contributed by atoms with Crippen LogP contribution in [0.25, 0.3) is 0 Å². The highest BCUT2D eigenvalue weighted by molar-refractivity contribution is 7.99. The molecule has 2 N–H and O–H groups in total. The van der Waals surface area contributed by atoms with E-state index in [0.29, 0.717) is 12.0 Å². The van der Waals surface area contributed by atoms with Gasteiger partial charge in [0.2, 0.25) is 0 Å². The second-order valence-corrected chi connectivity index (χ2v) is 5.11. The Bertz CT molecular complexity index is 289. The molecule has 0 saturated carbocycles. The highest BCUT2D eigenvalue weighted by atomic mass is 32.2. The minimum Gasteiger partial charge on any atom is -0.344 e. The maximum atomic E-state index is 4.39. The molecule has 14 heavy (non-hydrogen) atoms. The molecule has 3 nitrogen and oxygen atoms in total. The van der Waals surface area contributed by atoms with Gasteiger partial charge in [0.1, 0.15) is 5.82 Å². The Kier molecular flexibility index (Phi) is 3.13. The second-order valence-electron chi connectivity index (χ2n) is 3.96. The molecule has 0 aromatic carbocycles. The van der Waals surface area contributed by atoms with Crippen molar-refractivity contribution in [2.45, 2.75) is 25.8 Å². The van der Waals surface area contributed by atoms with Gasteiger partial charge in [-0.25, -0.2) is 4.98 Å². The lowest BCUT2D eigenvalue weighted by Gasteiger charge is -2.21. The third-order valence-electron chi connectivity index (χ3n) is 2.46. The topological polar surface area (TPSA) is 40.7 Å². The molecule has 1 aliphatic heterocycles. The highest BCUT2D eigenvalue weighted by Gasteiger charge is 2.17. The van der Waals surface area contributed by atoms with Gasteiger partial charge in [-0.1, -0.05) is 13.8 Å². The van der Waals surface area contributed by atoms with Crippen LogP contribution in [0.15, 0.2) is 6.20 Å². The quantitative estimate of drug-likeness (QED) is 0.785. The molecule has 1 atom stereocenters. The number of aromatic nitrogens is 2. The van der Waals surface area contributed by atoms with E-state index in [0.717, 1.165) is 18.1 Å². The summed E-state index contributed by atoms with van der Waals surface area (Å²) in [4.78, 5) is 7.78. The number of nitrogens with zero attached hydrogens (tertiary/aromatic N) is 1. The number of rotatable bonds is 2. The summed E-state index contributed by atoms with van der Waals surface area (Å²) < 4.78 is 0. The molecule has 0 spiro atoms. The summed E-state index contributed by atoms with van der Waals surface area (Å²) in [5.41, 5.74) is 1.24. The SMILES string of the molecule is CC(C)c1ncc(C2CSCCN2)[nH]1. The first kappa shape index (κ1) is 10.1. The highest BCUT2D eigenvalue weighted by Crippen LogP contribution is 2.21. The summed E-state index contributed by atoms with van der Waals surface area (Å²) >= 11 is 2.01. The van der Waals surface area contributed by atoms with Crippen LogP contribution < -0.4 is 5.32 Å². The average Bonchev–Trinajstić information content (AvgIpc) is 2.68. The molecule has 1 unspecified atom stereocenters. The van der Waals surface area contributed by atoms with Gasteiger partial charge in [0.15, 0.2) is 0 Å². The molecule has 0 aliphatic carbocycles. The van der Waals surface area contributed by atoms with E-state index >= 15 is 0 Å². The van der Waals surface area contributed by atoms with Crippen molar-refractivity contribution in [2.24, 2.45) is 0 Å². The summed E-state index contributed by atoms with van der Waals surface area (Å²) in [7, 11) is 0. The van der Waals surface area contributed by atoms with Crippen LogP contribution in [0.5, 0.6) is 0 Å². The van der Waals surface area contributed by atoms with E-state index in [1.165, 1.54) is 11.4 Å². The van der Waals surface area contributed by atoms with E-state index in [2.05, 4.69) is 29.1 Å². The molecule has 0 amide bonds. The van der Waals surface area contributed by atoms with E-state index in [1.807, 2.05) is 18.0 Å². The Morgan fingerprint density at radius 2 is 2.43 bits per heavy atom. The van der Waals surface area contributed by atoms with Crippen LogP contribution in [0.3, 0.4) is 0 Å². The fourth-order valence-corrected chi connectivity index (χ4v) is 2.55. The van der Waals surface area contributed by atoms with E-state index in [-0.39, 0.29) is 0 Å². The van der Waals surface area contributed by atoms with Crippen molar-refractivity contribution in [3.8, 4) is 0 Å². The zero-order chi connectivity index (χ0) is 9.97. The molecule has 2 rings (SSSR count). The van der Waals surface area contributed by atoms with Crippen LogP contribution in [-0.2, 0) is 0 Å². The van der Waals surface area contributed by atoms with Gasteiger partial charge in [0.25, 0.3) is 0 Å². The Labute approximate surface area is 89.1 Å². The fourth-order valence-electron chi connectivity index (χ4n) is 1.59. The fraction of sp³-hybridized carbons (Fsp3) is 0.700. The van der Waals surface area contributed by atoms with Crippen LogP contribution in [0.1, 0.15) is 37.3 Å². The summed E-state index contributed by atoms with van der Waals surface area (Å²) in [6.07, 6.45) is 1.97. The van der Waals surface area contributed by atoms with Crippen molar-refractivity contribution in [3.05, 3.63) is 17.7 Å². The largest absolute Gasteiger partial charge is 0.344 e. The maximum Gasteiger partial charge on any atom is 0.108 e. The minimum atomic E-state index is 0.466. The predicted octanol–water partition coefficient (Wildman–Crippen LogP) is 1.91. The summed E-state index contributed by atoms with van der Waals surface area (Å²) in [5, 5.41) is 3.50. The van der Waals surface area contributed by atoms with E-state index < -0.39 is 0 Å². The Morgan fingerprint density at radius 1 is 1.57 bits per heavy atom. The van der Waals surface area contributed by atoms with Gasteiger partial charge < -0.3 is 10.3 Å². The number of aromatic amines is 1. The van der Waals surface area contributed by atoms with Crippen LogP contribution in [0.2, 0.25) is 0 Å². The summed E-state index contributed by atoms with van der Waals surface area (Å²) in [5.74, 6) is 3.96. The third-order valence-corrected chi connectivity index (χ3v) is 3.52. The monoisotopic (exact) mass is 211 g/mol. The Balaban J connectivity index is 2.07. The molecule has 0 bridgehead atoms.